The lowest BCUT2D eigenvalue weighted by Gasteiger charge is -2.43. The first-order valence-electron chi connectivity index (χ1n) is 11.5. The Morgan fingerprint density at radius 1 is 0.676 bits per heavy atom. The summed E-state index contributed by atoms with van der Waals surface area (Å²) >= 11 is 0. The molecule has 0 saturated carbocycles. The fourth-order valence-electron chi connectivity index (χ4n) is 4.00. The average Bonchev–Trinajstić information content (AvgIpc) is 2.89. The highest BCUT2D eigenvalue weighted by molar-refractivity contribution is 5.15. The second-order valence-electron chi connectivity index (χ2n) is 8.29. The first-order valence-corrected chi connectivity index (χ1v) is 11.5. The average molecular weight is 465 g/mol. The molecule has 4 rings (SSSR count). The molecule has 180 valence electrons. The van der Waals surface area contributed by atoms with Gasteiger partial charge < -0.3 is 28.8 Å². The lowest BCUT2D eigenvalue weighted by atomic mass is 9.98. The van der Waals surface area contributed by atoms with Crippen LogP contribution in [0.15, 0.2) is 91.0 Å². The zero-order valence-corrected chi connectivity index (χ0v) is 19.4. The maximum atomic E-state index is 11.3. The van der Waals surface area contributed by atoms with E-state index in [0.717, 1.165) is 16.7 Å². The fraction of sp³-hybridized carbons (Fsp3) is 0.357. The summed E-state index contributed by atoms with van der Waals surface area (Å²) in [5, 5.41) is 11.3. The molecule has 1 aliphatic heterocycles. The Hall–Kier alpha value is -2.58. The smallest absolute Gasteiger partial charge is 0.186 e. The van der Waals surface area contributed by atoms with Crippen LogP contribution in [0.2, 0.25) is 0 Å². The van der Waals surface area contributed by atoms with Crippen LogP contribution < -0.4 is 0 Å². The molecule has 1 N–H and O–H groups in total. The van der Waals surface area contributed by atoms with Crippen molar-refractivity contribution in [3.63, 3.8) is 0 Å². The van der Waals surface area contributed by atoms with Crippen LogP contribution in [0.25, 0.3) is 0 Å². The molecule has 1 fully saturated rings. The van der Waals surface area contributed by atoms with E-state index in [-0.39, 0.29) is 6.61 Å². The number of ether oxygens (including phenoxy) is 5. The molecule has 3 aromatic carbocycles. The first-order chi connectivity index (χ1) is 16.7. The van der Waals surface area contributed by atoms with Crippen LogP contribution in [-0.2, 0) is 43.5 Å². The maximum absolute atomic E-state index is 11.3. The highest BCUT2D eigenvalue weighted by Gasteiger charge is 2.47. The standard InChI is InChI=1S/C28H32O6/c1-30-28-27(33-19-23-15-9-4-10-16-23)25(29)26(32-18-22-13-7-3-8-14-22)24(34-28)20-31-17-21-11-5-2-6-12-21/h2-16,24-29H,17-20H2,1H3/t24-,25+,26-,27-,28+/m1/s1. The van der Waals surface area contributed by atoms with Gasteiger partial charge in [-0.2, -0.15) is 0 Å². The monoisotopic (exact) mass is 464 g/mol. The van der Waals surface area contributed by atoms with Gasteiger partial charge in [-0.25, -0.2) is 0 Å². The molecule has 6 nitrogen and oxygen atoms in total. The maximum Gasteiger partial charge on any atom is 0.186 e. The summed E-state index contributed by atoms with van der Waals surface area (Å²) in [4.78, 5) is 0. The van der Waals surface area contributed by atoms with Crippen molar-refractivity contribution >= 4 is 0 Å². The van der Waals surface area contributed by atoms with Crippen LogP contribution in [0.4, 0.5) is 0 Å². The Kier molecular flexibility index (Phi) is 9.21. The Bertz CT molecular complexity index is 950. The van der Waals surface area contributed by atoms with Crippen molar-refractivity contribution in [3.05, 3.63) is 108 Å². The van der Waals surface area contributed by atoms with Gasteiger partial charge in [0.1, 0.15) is 24.4 Å². The van der Waals surface area contributed by atoms with E-state index in [9.17, 15) is 5.11 Å². The second kappa shape index (κ2) is 12.8. The van der Waals surface area contributed by atoms with Gasteiger partial charge in [0.25, 0.3) is 0 Å². The Balaban J connectivity index is 1.44. The molecule has 0 bridgehead atoms. The lowest BCUT2D eigenvalue weighted by molar-refractivity contribution is -0.315. The van der Waals surface area contributed by atoms with Crippen molar-refractivity contribution < 1.29 is 28.8 Å². The van der Waals surface area contributed by atoms with E-state index in [1.807, 2.05) is 91.0 Å². The SMILES string of the molecule is CO[C@H]1O[C@H](COCc2ccccc2)[C@@H](OCc2ccccc2)[C@H](O)[C@H]1OCc1ccccc1. The highest BCUT2D eigenvalue weighted by atomic mass is 16.7. The topological polar surface area (TPSA) is 66.4 Å². The van der Waals surface area contributed by atoms with Crippen molar-refractivity contribution in [3.8, 4) is 0 Å². The van der Waals surface area contributed by atoms with E-state index < -0.39 is 30.7 Å². The number of aliphatic hydroxyl groups excluding tert-OH is 1. The molecule has 1 aliphatic rings. The molecular formula is C28H32O6. The van der Waals surface area contributed by atoms with Crippen LogP contribution in [0.1, 0.15) is 16.7 Å². The Morgan fingerprint density at radius 3 is 1.65 bits per heavy atom. The normalized spacial score (nSPS) is 24.7. The summed E-state index contributed by atoms with van der Waals surface area (Å²) in [6.07, 6.45) is -3.60. The van der Waals surface area contributed by atoms with Gasteiger partial charge in [-0.3, -0.25) is 0 Å². The van der Waals surface area contributed by atoms with E-state index in [0.29, 0.717) is 19.8 Å². The van der Waals surface area contributed by atoms with E-state index >= 15 is 0 Å². The van der Waals surface area contributed by atoms with Gasteiger partial charge in [0, 0.05) is 7.11 Å². The molecule has 0 spiro atoms. The zero-order chi connectivity index (χ0) is 23.6. The Labute approximate surface area is 201 Å². The molecule has 6 heteroatoms. The van der Waals surface area contributed by atoms with Crippen molar-refractivity contribution in [1.29, 1.82) is 0 Å². The van der Waals surface area contributed by atoms with Crippen molar-refractivity contribution in [1.82, 2.24) is 0 Å². The molecule has 1 heterocycles. The van der Waals surface area contributed by atoms with E-state index in [1.165, 1.54) is 0 Å². The minimum Gasteiger partial charge on any atom is -0.387 e. The van der Waals surface area contributed by atoms with Crippen molar-refractivity contribution in [2.45, 2.75) is 50.5 Å². The van der Waals surface area contributed by atoms with Crippen LogP contribution in [0, 0.1) is 0 Å². The van der Waals surface area contributed by atoms with E-state index in [4.69, 9.17) is 23.7 Å². The summed E-state index contributed by atoms with van der Waals surface area (Å²) in [6.45, 7) is 1.35. The fourth-order valence-corrected chi connectivity index (χ4v) is 4.00. The molecule has 0 radical (unpaired) electrons. The molecule has 0 amide bonds. The van der Waals surface area contributed by atoms with Gasteiger partial charge in [-0.05, 0) is 16.7 Å². The van der Waals surface area contributed by atoms with Gasteiger partial charge in [0.2, 0.25) is 0 Å². The molecule has 0 unspecified atom stereocenters. The van der Waals surface area contributed by atoms with Gasteiger partial charge in [0.05, 0.1) is 26.4 Å². The molecule has 3 aromatic rings. The van der Waals surface area contributed by atoms with E-state index in [2.05, 4.69) is 0 Å². The quantitative estimate of drug-likeness (QED) is 0.461. The summed E-state index contributed by atoms with van der Waals surface area (Å²) in [5.41, 5.74) is 3.07. The van der Waals surface area contributed by atoms with Crippen molar-refractivity contribution in [2.75, 3.05) is 13.7 Å². The number of methoxy groups -OCH3 is 1. The second-order valence-corrected chi connectivity index (χ2v) is 8.29. The first kappa shape index (κ1) is 24.5. The number of hydrogen-bond donors (Lipinski definition) is 1. The molecular weight excluding hydrogens is 432 g/mol. The number of hydrogen-bond acceptors (Lipinski definition) is 6. The number of benzene rings is 3. The van der Waals surface area contributed by atoms with Crippen molar-refractivity contribution in [2.24, 2.45) is 0 Å². The largest absolute Gasteiger partial charge is 0.387 e. The predicted octanol–water partition coefficient (Wildman–Crippen LogP) is 4.11. The predicted molar refractivity (Wildman–Crippen MR) is 128 cm³/mol. The van der Waals surface area contributed by atoms with Gasteiger partial charge >= 0.3 is 0 Å². The Morgan fingerprint density at radius 2 is 1.15 bits per heavy atom. The van der Waals surface area contributed by atoms with Crippen LogP contribution in [-0.4, -0.2) is 49.5 Å². The van der Waals surface area contributed by atoms with Gasteiger partial charge in [-0.15, -0.1) is 0 Å². The molecule has 0 aliphatic carbocycles. The molecule has 34 heavy (non-hydrogen) atoms. The highest BCUT2D eigenvalue weighted by Crippen LogP contribution is 2.28. The minimum absolute atomic E-state index is 0.247. The molecule has 5 atom stereocenters. The van der Waals surface area contributed by atoms with E-state index in [1.54, 1.807) is 7.11 Å². The summed E-state index contributed by atoms with van der Waals surface area (Å²) in [6, 6.07) is 29.6. The summed E-state index contributed by atoms with van der Waals surface area (Å²) in [7, 11) is 1.54. The third-order valence-electron chi connectivity index (χ3n) is 5.81. The van der Waals surface area contributed by atoms with Crippen LogP contribution in [0.5, 0.6) is 0 Å². The van der Waals surface area contributed by atoms with Gasteiger partial charge in [0.15, 0.2) is 6.29 Å². The summed E-state index contributed by atoms with van der Waals surface area (Å²) in [5.74, 6) is 0. The third kappa shape index (κ3) is 6.73. The van der Waals surface area contributed by atoms with Crippen LogP contribution >= 0.6 is 0 Å². The molecule has 0 aromatic heterocycles. The summed E-state index contributed by atoms with van der Waals surface area (Å²) < 4.78 is 29.9. The van der Waals surface area contributed by atoms with Gasteiger partial charge in [-0.1, -0.05) is 91.0 Å². The third-order valence-corrected chi connectivity index (χ3v) is 5.81. The number of aliphatic hydroxyl groups is 1. The van der Waals surface area contributed by atoms with Crippen LogP contribution in [0.3, 0.4) is 0 Å². The minimum atomic E-state index is -0.962. The number of rotatable bonds is 11. The zero-order valence-electron chi connectivity index (χ0n) is 19.4. The lowest BCUT2D eigenvalue weighted by Crippen LogP contribution is -2.60. The molecule has 1 saturated heterocycles.